The number of halogens is 4. The molecule has 5 heterocycles. The van der Waals surface area contributed by atoms with Crippen LogP contribution in [0.25, 0.3) is 21.9 Å². The van der Waals surface area contributed by atoms with E-state index in [9.17, 15) is 27.6 Å². The number of para-hydroxylation sites is 1. The Hall–Kier alpha value is -4.11. The number of fused-ring (bicyclic) bond motifs is 3. The minimum absolute atomic E-state index is 0.0454. The van der Waals surface area contributed by atoms with Gasteiger partial charge in [0.15, 0.2) is 6.10 Å². The van der Waals surface area contributed by atoms with E-state index < -0.39 is 35.5 Å². The van der Waals surface area contributed by atoms with Crippen LogP contribution in [0.5, 0.6) is 0 Å². The summed E-state index contributed by atoms with van der Waals surface area (Å²) >= 11 is 3.13. The molecule has 50 heavy (non-hydrogen) atoms. The fourth-order valence-electron chi connectivity index (χ4n) is 7.77. The normalized spacial score (nSPS) is 19.0. The van der Waals surface area contributed by atoms with Crippen LogP contribution in [-0.2, 0) is 22.1 Å². The number of rotatable bonds is 6. The standard InChI is InChI=1S/C35H39BrF3N7O4/c36-26-18-21(17-25(30(26)40)35(37,38)39)19-29(32(47)44-13-7-22(8-14-44)43-11-3-4-12-43)50-34(49)45-15-9-23(10-16-45)46-28-20-41-27-6-2-1-5-24(27)31(28)42-33(46)48/h1-2,5-6,17-18,20,22-23,29H,3-4,7-16,19,40H2,(H,42,48)/t29-/m1/s1. The molecule has 15 heteroatoms. The monoisotopic (exact) mass is 757 g/mol. The van der Waals surface area contributed by atoms with Crippen LogP contribution in [-0.4, -0.2) is 92.6 Å². The van der Waals surface area contributed by atoms with E-state index in [0.717, 1.165) is 42.9 Å². The van der Waals surface area contributed by atoms with E-state index in [1.807, 2.05) is 24.3 Å². The number of hydrogen-bond donors (Lipinski definition) is 2. The Morgan fingerprint density at radius 3 is 2.34 bits per heavy atom. The third kappa shape index (κ3) is 6.81. The molecular weight excluding hydrogens is 719 g/mol. The number of aromatic amines is 1. The Kier molecular flexibility index (Phi) is 9.54. The lowest BCUT2D eigenvalue weighted by Gasteiger charge is -2.38. The first kappa shape index (κ1) is 34.3. The van der Waals surface area contributed by atoms with Gasteiger partial charge in [0.05, 0.1) is 34.0 Å². The highest BCUT2D eigenvalue weighted by atomic mass is 79.9. The second-order valence-corrected chi connectivity index (χ2v) is 14.3. The first-order valence-corrected chi connectivity index (χ1v) is 17.9. The fourth-order valence-corrected chi connectivity index (χ4v) is 8.28. The van der Waals surface area contributed by atoms with Gasteiger partial charge < -0.3 is 30.2 Å². The largest absolute Gasteiger partial charge is 0.436 e. The number of nitrogens with zero attached hydrogens (tertiary/aromatic N) is 5. The maximum Gasteiger partial charge on any atom is 0.418 e. The number of hydrogen-bond acceptors (Lipinski definition) is 7. The molecule has 2 aromatic heterocycles. The van der Waals surface area contributed by atoms with Crippen molar-refractivity contribution in [1.29, 1.82) is 0 Å². The van der Waals surface area contributed by atoms with E-state index in [1.165, 1.54) is 23.8 Å². The van der Waals surface area contributed by atoms with E-state index >= 15 is 0 Å². The van der Waals surface area contributed by atoms with Crippen molar-refractivity contribution in [2.24, 2.45) is 0 Å². The quantitative estimate of drug-likeness (QED) is 0.241. The number of H-pyrrole nitrogens is 1. The molecule has 4 aromatic rings. The Labute approximate surface area is 294 Å². The van der Waals surface area contributed by atoms with E-state index in [0.29, 0.717) is 43.0 Å². The number of piperidine rings is 2. The molecule has 0 bridgehead atoms. The smallest absolute Gasteiger partial charge is 0.418 e. The van der Waals surface area contributed by atoms with Gasteiger partial charge in [0.2, 0.25) is 0 Å². The van der Waals surface area contributed by atoms with Crippen LogP contribution in [0.15, 0.2) is 51.9 Å². The van der Waals surface area contributed by atoms with Gasteiger partial charge in [-0.2, -0.15) is 13.2 Å². The first-order valence-electron chi connectivity index (χ1n) is 17.1. The van der Waals surface area contributed by atoms with Gasteiger partial charge in [-0.1, -0.05) is 18.2 Å². The summed E-state index contributed by atoms with van der Waals surface area (Å²) in [7, 11) is 0. The summed E-state index contributed by atoms with van der Waals surface area (Å²) in [5.41, 5.74) is 6.32. The van der Waals surface area contributed by atoms with Crippen molar-refractivity contribution in [3.05, 3.63) is 68.7 Å². The molecule has 2 aromatic carbocycles. The van der Waals surface area contributed by atoms with Crippen LogP contribution < -0.4 is 11.4 Å². The zero-order valence-electron chi connectivity index (χ0n) is 27.4. The van der Waals surface area contributed by atoms with Gasteiger partial charge in [0.25, 0.3) is 5.91 Å². The number of nitrogens with one attached hydrogen (secondary N) is 1. The molecule has 1 atom stereocenters. The molecule has 3 aliphatic rings. The minimum atomic E-state index is -4.71. The zero-order chi connectivity index (χ0) is 35.2. The summed E-state index contributed by atoms with van der Waals surface area (Å²) in [6.07, 6.45) is -0.536. The number of carbonyl (C=O) groups excluding carboxylic acids is 2. The van der Waals surface area contributed by atoms with Crippen molar-refractivity contribution < 1.29 is 27.5 Å². The molecule has 7 rings (SSSR count). The number of carbonyl (C=O) groups is 2. The summed E-state index contributed by atoms with van der Waals surface area (Å²) in [6.45, 7) is 3.57. The molecule has 0 radical (unpaired) electrons. The molecule has 3 fully saturated rings. The number of nitrogens with two attached hydrogens (primary N) is 1. The molecule has 3 aliphatic heterocycles. The van der Waals surface area contributed by atoms with Crippen molar-refractivity contribution in [2.75, 3.05) is 45.0 Å². The van der Waals surface area contributed by atoms with Crippen molar-refractivity contribution in [2.45, 2.75) is 69.3 Å². The van der Waals surface area contributed by atoms with E-state index in [2.05, 4.69) is 30.8 Å². The molecule has 0 saturated carbocycles. The molecule has 3 saturated heterocycles. The van der Waals surface area contributed by atoms with Gasteiger partial charge >= 0.3 is 18.0 Å². The Balaban J connectivity index is 1.07. The molecule has 11 nitrogen and oxygen atoms in total. The second kappa shape index (κ2) is 13.9. The number of imidazole rings is 1. The van der Waals surface area contributed by atoms with Crippen LogP contribution >= 0.6 is 15.9 Å². The van der Waals surface area contributed by atoms with Crippen LogP contribution in [0.3, 0.4) is 0 Å². The summed E-state index contributed by atoms with van der Waals surface area (Å²) in [6, 6.07) is 10.1. The number of benzene rings is 2. The third-order valence-corrected chi connectivity index (χ3v) is 11.1. The Morgan fingerprint density at radius 1 is 0.980 bits per heavy atom. The lowest BCUT2D eigenvalue weighted by atomic mass is 10.00. The van der Waals surface area contributed by atoms with Crippen LogP contribution in [0.1, 0.15) is 55.7 Å². The highest BCUT2D eigenvalue weighted by Gasteiger charge is 2.38. The van der Waals surface area contributed by atoms with Gasteiger partial charge in [-0.25, -0.2) is 9.59 Å². The molecule has 0 unspecified atom stereocenters. The zero-order valence-corrected chi connectivity index (χ0v) is 29.0. The Bertz CT molecular complexity index is 1960. The van der Waals surface area contributed by atoms with Gasteiger partial charge in [-0.15, -0.1) is 0 Å². The van der Waals surface area contributed by atoms with Crippen LogP contribution in [0.2, 0.25) is 0 Å². The molecule has 0 spiro atoms. The van der Waals surface area contributed by atoms with E-state index in [-0.39, 0.29) is 41.3 Å². The van der Waals surface area contributed by atoms with Crippen molar-refractivity contribution in [3.63, 3.8) is 0 Å². The maximum atomic E-state index is 14.0. The maximum absolute atomic E-state index is 14.0. The van der Waals surface area contributed by atoms with Crippen molar-refractivity contribution >= 4 is 55.6 Å². The van der Waals surface area contributed by atoms with E-state index in [4.69, 9.17) is 10.5 Å². The summed E-state index contributed by atoms with van der Waals surface area (Å²) in [4.78, 5) is 53.8. The van der Waals surface area contributed by atoms with Gasteiger partial charge in [-0.3, -0.25) is 14.3 Å². The predicted octanol–water partition coefficient (Wildman–Crippen LogP) is 5.71. The first-order chi connectivity index (χ1) is 24.0. The number of alkyl halides is 3. The third-order valence-electron chi connectivity index (χ3n) is 10.4. The average Bonchev–Trinajstić information content (AvgIpc) is 3.77. The second-order valence-electron chi connectivity index (χ2n) is 13.5. The molecule has 0 aliphatic carbocycles. The van der Waals surface area contributed by atoms with Crippen LogP contribution in [0, 0.1) is 0 Å². The molecule has 3 N–H and O–H groups in total. The Morgan fingerprint density at radius 2 is 1.64 bits per heavy atom. The molecular formula is C35H39BrF3N7O4. The topological polar surface area (TPSA) is 130 Å². The van der Waals surface area contributed by atoms with Gasteiger partial charge in [-0.05, 0) is 91.3 Å². The van der Waals surface area contributed by atoms with Crippen molar-refractivity contribution in [3.8, 4) is 0 Å². The number of amides is 2. The molecule has 266 valence electrons. The summed E-state index contributed by atoms with van der Waals surface area (Å²) in [5.74, 6) is -0.431. The molecule has 2 amide bonds. The lowest BCUT2D eigenvalue weighted by molar-refractivity contribution is -0.142. The van der Waals surface area contributed by atoms with Gasteiger partial charge in [0, 0.05) is 54.5 Å². The number of anilines is 1. The number of likely N-dealkylation sites (tertiary alicyclic amines) is 3. The SMILES string of the molecule is Nc1c(Br)cc(C[C@@H](OC(=O)N2CCC(n3c(=O)[nH]c4c5ccccc5ncc43)CC2)C(=O)N2CCC(N3CCCC3)CC2)cc1C(F)(F)F. The fraction of sp³-hybridized carbons (Fsp3) is 0.486. The summed E-state index contributed by atoms with van der Waals surface area (Å²) in [5, 5.41) is 0.841. The highest BCUT2D eigenvalue weighted by Crippen LogP contribution is 2.38. The minimum Gasteiger partial charge on any atom is -0.436 e. The van der Waals surface area contributed by atoms with Crippen molar-refractivity contribution in [1.82, 2.24) is 29.2 Å². The van der Waals surface area contributed by atoms with E-state index in [1.54, 1.807) is 15.7 Å². The number of pyridine rings is 1. The number of nitrogen functional groups attached to an aromatic ring is 1. The number of ether oxygens (including phenoxy) is 1. The van der Waals surface area contributed by atoms with Crippen LogP contribution in [0.4, 0.5) is 23.7 Å². The van der Waals surface area contributed by atoms with Gasteiger partial charge in [0.1, 0.15) is 0 Å². The number of aromatic nitrogens is 3. The average molecular weight is 759 g/mol. The summed E-state index contributed by atoms with van der Waals surface area (Å²) < 4.78 is 49.1. The lowest BCUT2D eigenvalue weighted by Crippen LogP contribution is -2.51. The highest BCUT2D eigenvalue weighted by molar-refractivity contribution is 9.10. The predicted molar refractivity (Wildman–Crippen MR) is 186 cm³/mol.